The number of piperidine rings is 1. The smallest absolute Gasteiger partial charge is 0.330 e. The maximum atomic E-state index is 15.2. The topological polar surface area (TPSA) is 286 Å². The minimum atomic E-state index is -1.48. The van der Waals surface area contributed by atoms with Crippen molar-refractivity contribution in [3.8, 4) is 11.5 Å². The number of Topliss-reactive ketones (excluding diaryl/α,β-unsaturated/α-hetero) is 1. The van der Waals surface area contributed by atoms with Gasteiger partial charge in [-0.1, -0.05) is 80.6 Å². The highest BCUT2D eigenvalue weighted by molar-refractivity contribution is 6.38. The van der Waals surface area contributed by atoms with Crippen LogP contribution in [0.15, 0.2) is 109 Å². The van der Waals surface area contributed by atoms with Crippen LogP contribution in [-0.4, -0.2) is 163 Å². The first-order chi connectivity index (χ1) is 45.4. The van der Waals surface area contributed by atoms with Crippen molar-refractivity contribution in [3.63, 3.8) is 0 Å². The number of cyclic esters (lactones) is 2. The summed E-state index contributed by atoms with van der Waals surface area (Å²) in [6.07, 6.45) is 5.54. The molecule has 95 heavy (non-hydrogen) atoms. The number of fused-ring (bicyclic) bond motifs is 4. The molecule has 0 aliphatic carbocycles. The van der Waals surface area contributed by atoms with Gasteiger partial charge < -0.3 is 59.8 Å². The van der Waals surface area contributed by atoms with E-state index in [2.05, 4.69) is 21.3 Å². The van der Waals surface area contributed by atoms with Crippen LogP contribution < -0.4 is 30.7 Å². The fourth-order valence-electron chi connectivity index (χ4n) is 12.1. The number of anilines is 2. The van der Waals surface area contributed by atoms with Crippen molar-refractivity contribution in [3.05, 3.63) is 131 Å². The van der Waals surface area contributed by atoms with Crippen LogP contribution in [0.25, 0.3) is 0 Å². The first-order valence-electron chi connectivity index (χ1n) is 32.7. The molecule has 7 rings (SSSR count). The molecule has 6 atom stereocenters. The van der Waals surface area contributed by atoms with Gasteiger partial charge in [0.2, 0.25) is 47.1 Å². The number of nitrogens with one attached hydrogen (secondary N) is 4. The summed E-state index contributed by atoms with van der Waals surface area (Å²) < 4.78 is 22.9. The minimum Gasteiger partial charge on any atom is -0.493 e. The number of hydrogen-bond acceptors (Lipinski definition) is 15. The van der Waals surface area contributed by atoms with E-state index in [0.717, 1.165) is 5.56 Å². The van der Waals surface area contributed by atoms with Crippen LogP contribution >= 0.6 is 0 Å². The minimum absolute atomic E-state index is 0.0153. The third-order valence-corrected chi connectivity index (χ3v) is 17.3. The van der Waals surface area contributed by atoms with Gasteiger partial charge in [0, 0.05) is 77.4 Å². The molecule has 2 fully saturated rings. The van der Waals surface area contributed by atoms with Crippen molar-refractivity contribution >= 4 is 76.4 Å². The standard InChI is InChI=1S/C72H92N8O15/c1-46(2)40-57-68(88)77(6)37-17-11-10-15-30-63(84)94-45-72(4,5)65(85)70(90)80-38-18-16-28-56(80)71(91)95-58(33-31-48-32-34-59(92-8)60(43-48)93-9)51-25-20-27-53(44-51)74-61(82)35-36-62(83)76-64(50-23-13-12-14-24-50)66(86)75-54(42-49-22-19-26-52(41-49)73-47(3)81)67(87)79-39-21-29-55(79)69(89)78(57)7/h12-15,19-20,22-27,30,32,34,41,43-44,46,54-58,64H,10-11,16-18,21,28-29,31,33,35-40,42,45H2,1-9H3,(H,73,81)(H,74,82)(H,75,86)(H,76,83)/b30-15+/t54-,55+,56-,57-,58+,64-/m0/s1. The summed E-state index contributed by atoms with van der Waals surface area (Å²) >= 11 is 0. The van der Waals surface area contributed by atoms with Crippen molar-refractivity contribution in [2.45, 2.75) is 161 Å². The molecule has 0 radical (unpaired) electrons. The zero-order valence-electron chi connectivity index (χ0n) is 56.1. The zero-order valence-corrected chi connectivity index (χ0v) is 56.1. The number of ether oxygens (including phenoxy) is 4. The maximum Gasteiger partial charge on any atom is 0.330 e. The number of ketones is 1. The van der Waals surface area contributed by atoms with E-state index in [1.54, 1.807) is 116 Å². The van der Waals surface area contributed by atoms with Crippen molar-refractivity contribution < 1.29 is 71.7 Å². The Kier molecular flexibility index (Phi) is 26.6. The number of methoxy groups -OCH3 is 2. The van der Waals surface area contributed by atoms with Crippen LogP contribution in [0.5, 0.6) is 11.5 Å². The third kappa shape index (κ3) is 20.5. The van der Waals surface area contributed by atoms with E-state index < -0.39 is 101 Å². The summed E-state index contributed by atoms with van der Waals surface area (Å²) in [4.78, 5) is 161. The second-order valence-electron chi connectivity index (χ2n) is 25.7. The molecular weight excluding hydrogens is 1220 g/mol. The van der Waals surface area contributed by atoms with E-state index in [9.17, 15) is 47.9 Å². The molecule has 8 amide bonds. The average Bonchev–Trinajstić information content (AvgIpc) is 1.25. The number of likely N-dealkylation sites (N-methyl/N-ethyl adjacent to an activating group) is 2. The summed E-state index contributed by atoms with van der Waals surface area (Å²) in [5, 5.41) is 11.3. The Morgan fingerprint density at radius 3 is 2.12 bits per heavy atom. The number of allylic oxidation sites excluding steroid dienone is 1. The molecule has 0 spiro atoms. The maximum absolute atomic E-state index is 15.2. The normalized spacial score (nSPS) is 22.8. The molecule has 4 aromatic carbocycles. The lowest BCUT2D eigenvalue weighted by Crippen LogP contribution is -2.58. The quantitative estimate of drug-likeness (QED) is 0.0824. The number of aryl methyl sites for hydroxylation is 1. The van der Waals surface area contributed by atoms with Gasteiger partial charge >= 0.3 is 11.9 Å². The van der Waals surface area contributed by atoms with Gasteiger partial charge in [-0.15, -0.1) is 0 Å². The van der Waals surface area contributed by atoms with E-state index >= 15 is 4.79 Å². The van der Waals surface area contributed by atoms with Crippen LogP contribution in [0.2, 0.25) is 0 Å². The lowest BCUT2D eigenvalue weighted by molar-refractivity contribution is -0.165. The number of benzene rings is 4. The van der Waals surface area contributed by atoms with Crippen LogP contribution in [0, 0.1) is 11.3 Å². The van der Waals surface area contributed by atoms with Crippen molar-refractivity contribution in [2.75, 3.05) is 65.2 Å². The fourth-order valence-corrected chi connectivity index (χ4v) is 12.1. The number of nitrogens with zero attached hydrogens (tertiary/aromatic N) is 4. The summed E-state index contributed by atoms with van der Waals surface area (Å²) in [6.45, 7) is 8.38. The van der Waals surface area contributed by atoms with Crippen molar-refractivity contribution in [2.24, 2.45) is 11.3 Å². The second-order valence-corrected chi connectivity index (χ2v) is 25.7. The van der Waals surface area contributed by atoms with E-state index in [1.165, 1.54) is 55.8 Å². The van der Waals surface area contributed by atoms with Crippen LogP contribution in [-0.2, 0) is 75.1 Å². The van der Waals surface area contributed by atoms with Gasteiger partial charge in [-0.25, -0.2) is 9.59 Å². The highest BCUT2D eigenvalue weighted by Gasteiger charge is 2.44. The van der Waals surface area contributed by atoms with Gasteiger partial charge in [0.25, 0.3) is 5.91 Å². The number of rotatable bonds is 11. The summed E-state index contributed by atoms with van der Waals surface area (Å²) in [5.74, 6) is -5.94. The largest absolute Gasteiger partial charge is 0.493 e. The predicted molar refractivity (Wildman–Crippen MR) is 355 cm³/mol. The Morgan fingerprint density at radius 2 is 1.39 bits per heavy atom. The third-order valence-electron chi connectivity index (χ3n) is 17.3. The summed E-state index contributed by atoms with van der Waals surface area (Å²) in [7, 11) is 6.26. The Labute approximate surface area is 556 Å². The number of amides is 8. The molecule has 0 saturated carbocycles. The highest BCUT2D eigenvalue weighted by Crippen LogP contribution is 2.33. The number of carbonyl (C=O) groups excluding carboxylic acids is 11. The lowest BCUT2D eigenvalue weighted by atomic mass is 9.87. The van der Waals surface area contributed by atoms with E-state index in [-0.39, 0.29) is 69.3 Å². The van der Waals surface area contributed by atoms with Gasteiger partial charge in [0.1, 0.15) is 42.9 Å². The first kappa shape index (κ1) is 73.0. The Bertz CT molecular complexity index is 3440. The Hall–Kier alpha value is -9.41. The molecule has 0 aromatic heterocycles. The van der Waals surface area contributed by atoms with Crippen LogP contribution in [0.4, 0.5) is 11.4 Å². The lowest BCUT2D eigenvalue weighted by Gasteiger charge is -2.36. The van der Waals surface area contributed by atoms with Gasteiger partial charge in [-0.05, 0) is 149 Å². The molecule has 23 nitrogen and oxygen atoms in total. The molecule has 2 bridgehead atoms. The van der Waals surface area contributed by atoms with Crippen LogP contribution in [0.1, 0.15) is 146 Å². The zero-order chi connectivity index (χ0) is 68.9. The molecule has 2 saturated heterocycles. The number of hydrogen-bond donors (Lipinski definition) is 4. The van der Waals surface area contributed by atoms with Crippen LogP contribution in [0.3, 0.4) is 0 Å². The molecule has 23 heteroatoms. The number of carbonyl (C=O) groups is 11. The number of esters is 2. The molecular formula is C72H92N8O15. The van der Waals surface area contributed by atoms with E-state index in [4.69, 9.17) is 18.9 Å². The van der Waals surface area contributed by atoms with Gasteiger partial charge in [-0.2, -0.15) is 0 Å². The molecule has 4 aromatic rings. The molecule has 4 N–H and O–H groups in total. The highest BCUT2D eigenvalue weighted by atomic mass is 16.5. The first-order valence-corrected chi connectivity index (χ1v) is 32.7. The summed E-state index contributed by atoms with van der Waals surface area (Å²) in [5.41, 5.74) is 1.50. The fraction of sp³-hybridized carbons (Fsp3) is 0.486. The van der Waals surface area contributed by atoms with Crippen molar-refractivity contribution in [1.82, 2.24) is 30.2 Å². The monoisotopic (exact) mass is 1310 g/mol. The van der Waals surface area contributed by atoms with Crippen molar-refractivity contribution in [1.29, 1.82) is 0 Å². The molecule has 0 unspecified atom stereocenters. The second kappa shape index (κ2) is 34.7. The Morgan fingerprint density at radius 1 is 0.695 bits per heavy atom. The summed E-state index contributed by atoms with van der Waals surface area (Å²) in [6, 6.07) is 21.5. The molecule has 510 valence electrons. The average molecular weight is 1310 g/mol. The SMILES string of the molecule is COc1ccc(CC[C@H]2OC(=O)[C@@H]3CCCCN3C(=O)C(=O)C(C)(C)COC(=O)/C=C/CCCCN(C)C(=O)[C@H](CC(C)C)N(C)C(=O)[C@H]3CCCN3C(=O)[C@H](Cc3cccc(NC(C)=O)c3)NC(=O)[C@H](c3ccccc3)NC(=O)CCC(=O)Nc3cccc2c3)cc1OC. The van der Waals surface area contributed by atoms with E-state index in [1.807, 2.05) is 19.9 Å². The molecule has 3 aliphatic rings. The van der Waals surface area contributed by atoms with E-state index in [0.29, 0.717) is 97.5 Å². The predicted octanol–water partition coefficient (Wildman–Crippen LogP) is 7.77. The van der Waals surface area contributed by atoms with Gasteiger partial charge in [-0.3, -0.25) is 43.2 Å². The molecule has 3 aliphatic heterocycles. The van der Waals surface area contributed by atoms with Gasteiger partial charge in [0.15, 0.2) is 11.5 Å². The Balaban J connectivity index is 1.19. The van der Waals surface area contributed by atoms with Gasteiger partial charge in [0.05, 0.1) is 19.6 Å². The molecule has 3 heterocycles.